The fraction of sp³-hybridized carbons (Fsp3) is 0.429. The predicted octanol–water partition coefficient (Wildman–Crippen LogP) is 1.18. The standard InChI is InChI=1S/C14H19NO4S/c16-13(15-7-8-19-10-14(17)18)11-20-9-6-12-4-2-1-3-5-12/h1-5H,6-11H2,(H,15,16)(H,17,18). The van der Waals surface area contributed by atoms with Gasteiger partial charge in [-0.3, -0.25) is 4.79 Å². The molecule has 0 bridgehead atoms. The lowest BCUT2D eigenvalue weighted by atomic mass is 10.2. The largest absolute Gasteiger partial charge is 0.480 e. The van der Waals surface area contributed by atoms with Crippen molar-refractivity contribution in [2.24, 2.45) is 0 Å². The number of rotatable bonds is 10. The minimum absolute atomic E-state index is 0.0537. The quantitative estimate of drug-likeness (QED) is 0.634. The van der Waals surface area contributed by atoms with Crippen LogP contribution in [0, 0.1) is 0 Å². The van der Waals surface area contributed by atoms with Gasteiger partial charge in [-0.25, -0.2) is 4.79 Å². The number of carboxylic acids is 1. The molecule has 1 aromatic carbocycles. The van der Waals surface area contributed by atoms with Gasteiger partial charge in [-0.1, -0.05) is 30.3 Å². The number of carbonyl (C=O) groups is 2. The van der Waals surface area contributed by atoms with E-state index in [1.807, 2.05) is 18.2 Å². The molecule has 5 nitrogen and oxygen atoms in total. The zero-order chi connectivity index (χ0) is 14.6. The van der Waals surface area contributed by atoms with Gasteiger partial charge in [0.2, 0.25) is 5.91 Å². The minimum atomic E-state index is -1.01. The number of nitrogens with one attached hydrogen (secondary N) is 1. The molecule has 2 N–H and O–H groups in total. The van der Waals surface area contributed by atoms with Crippen LogP contribution in [-0.2, 0) is 20.7 Å². The van der Waals surface area contributed by atoms with Crippen LogP contribution in [0.2, 0.25) is 0 Å². The van der Waals surface area contributed by atoms with Crippen molar-refractivity contribution >= 4 is 23.6 Å². The number of carboxylic acid groups (broad SMARTS) is 1. The molecule has 0 aromatic heterocycles. The molecule has 1 rings (SSSR count). The Bertz CT molecular complexity index is 411. The predicted molar refractivity (Wildman–Crippen MR) is 78.9 cm³/mol. The summed E-state index contributed by atoms with van der Waals surface area (Å²) in [5.41, 5.74) is 1.27. The van der Waals surface area contributed by atoms with Crippen LogP contribution in [0.1, 0.15) is 5.56 Å². The highest BCUT2D eigenvalue weighted by Gasteiger charge is 2.02. The lowest BCUT2D eigenvalue weighted by Gasteiger charge is -2.05. The van der Waals surface area contributed by atoms with Crippen LogP contribution in [0.25, 0.3) is 0 Å². The molecule has 0 aliphatic heterocycles. The van der Waals surface area contributed by atoms with Crippen LogP contribution in [0.3, 0.4) is 0 Å². The van der Waals surface area contributed by atoms with Gasteiger partial charge in [-0.15, -0.1) is 0 Å². The normalized spacial score (nSPS) is 10.2. The molecule has 0 aliphatic rings. The summed E-state index contributed by atoms with van der Waals surface area (Å²) in [6.07, 6.45) is 0.945. The number of ether oxygens (including phenoxy) is 1. The van der Waals surface area contributed by atoms with Crippen molar-refractivity contribution in [1.29, 1.82) is 0 Å². The van der Waals surface area contributed by atoms with Crippen LogP contribution in [-0.4, -0.2) is 48.2 Å². The van der Waals surface area contributed by atoms with E-state index in [0.717, 1.165) is 12.2 Å². The third-order valence-electron chi connectivity index (χ3n) is 2.41. The maximum Gasteiger partial charge on any atom is 0.329 e. The second-order valence-corrected chi connectivity index (χ2v) is 5.19. The summed E-state index contributed by atoms with van der Waals surface area (Å²) in [4.78, 5) is 21.6. The highest BCUT2D eigenvalue weighted by Crippen LogP contribution is 2.06. The van der Waals surface area contributed by atoms with Gasteiger partial charge in [0.1, 0.15) is 6.61 Å². The first kappa shape index (κ1) is 16.5. The van der Waals surface area contributed by atoms with Crippen molar-refractivity contribution in [2.75, 3.05) is 31.3 Å². The molecular weight excluding hydrogens is 278 g/mol. The third-order valence-corrected chi connectivity index (χ3v) is 3.36. The van der Waals surface area contributed by atoms with E-state index in [-0.39, 0.29) is 19.1 Å². The van der Waals surface area contributed by atoms with Gasteiger partial charge in [-0.2, -0.15) is 11.8 Å². The van der Waals surface area contributed by atoms with E-state index in [9.17, 15) is 9.59 Å². The Morgan fingerprint density at radius 2 is 2.00 bits per heavy atom. The maximum absolute atomic E-state index is 11.4. The first-order chi connectivity index (χ1) is 9.68. The Morgan fingerprint density at radius 3 is 2.70 bits per heavy atom. The van der Waals surface area contributed by atoms with E-state index in [1.54, 1.807) is 11.8 Å². The van der Waals surface area contributed by atoms with Crippen molar-refractivity contribution in [3.05, 3.63) is 35.9 Å². The van der Waals surface area contributed by atoms with E-state index in [2.05, 4.69) is 17.4 Å². The zero-order valence-corrected chi connectivity index (χ0v) is 12.0. The second-order valence-electron chi connectivity index (χ2n) is 4.08. The number of amides is 1. The molecule has 0 saturated heterocycles. The van der Waals surface area contributed by atoms with Gasteiger partial charge in [0.05, 0.1) is 12.4 Å². The molecule has 0 fully saturated rings. The fourth-order valence-electron chi connectivity index (χ4n) is 1.47. The summed E-state index contributed by atoms with van der Waals surface area (Å²) in [6.45, 7) is 0.222. The number of aliphatic carboxylic acids is 1. The summed E-state index contributed by atoms with van der Waals surface area (Å²) in [5, 5.41) is 11.0. The Kier molecular flexibility index (Phi) is 8.49. The molecular formula is C14H19NO4S. The van der Waals surface area contributed by atoms with Gasteiger partial charge in [0.25, 0.3) is 0 Å². The summed E-state index contributed by atoms with van der Waals surface area (Å²) >= 11 is 1.58. The van der Waals surface area contributed by atoms with Crippen molar-refractivity contribution in [2.45, 2.75) is 6.42 Å². The summed E-state index contributed by atoms with van der Waals surface area (Å²) in [6, 6.07) is 10.1. The van der Waals surface area contributed by atoms with Gasteiger partial charge in [0, 0.05) is 6.54 Å². The van der Waals surface area contributed by atoms with E-state index in [0.29, 0.717) is 12.3 Å². The van der Waals surface area contributed by atoms with Crippen LogP contribution < -0.4 is 5.32 Å². The molecule has 0 unspecified atom stereocenters. The SMILES string of the molecule is O=C(O)COCCNC(=O)CSCCc1ccccc1. The summed E-state index contributed by atoms with van der Waals surface area (Å²) < 4.78 is 4.81. The Morgan fingerprint density at radius 1 is 1.25 bits per heavy atom. The molecule has 0 heterocycles. The highest BCUT2D eigenvalue weighted by molar-refractivity contribution is 7.99. The van der Waals surface area contributed by atoms with Crippen molar-refractivity contribution < 1.29 is 19.4 Å². The topological polar surface area (TPSA) is 75.6 Å². The average Bonchev–Trinajstić information content (AvgIpc) is 2.44. The van der Waals surface area contributed by atoms with E-state index >= 15 is 0 Å². The number of hydrogen-bond acceptors (Lipinski definition) is 4. The molecule has 1 amide bonds. The molecule has 6 heteroatoms. The Hall–Kier alpha value is -1.53. The van der Waals surface area contributed by atoms with Crippen molar-refractivity contribution in [3.63, 3.8) is 0 Å². The van der Waals surface area contributed by atoms with Gasteiger partial charge in [-0.05, 0) is 17.7 Å². The lowest BCUT2D eigenvalue weighted by molar-refractivity contribution is -0.142. The van der Waals surface area contributed by atoms with E-state index in [1.165, 1.54) is 5.56 Å². The fourth-order valence-corrected chi connectivity index (χ4v) is 2.28. The van der Waals surface area contributed by atoms with Crippen LogP contribution >= 0.6 is 11.8 Å². The van der Waals surface area contributed by atoms with Gasteiger partial charge in [0.15, 0.2) is 0 Å². The van der Waals surface area contributed by atoms with Crippen molar-refractivity contribution in [1.82, 2.24) is 5.32 Å². The highest BCUT2D eigenvalue weighted by atomic mass is 32.2. The molecule has 1 aromatic rings. The molecule has 110 valence electrons. The number of hydrogen-bond donors (Lipinski definition) is 2. The molecule has 20 heavy (non-hydrogen) atoms. The minimum Gasteiger partial charge on any atom is -0.480 e. The van der Waals surface area contributed by atoms with Crippen LogP contribution in [0.5, 0.6) is 0 Å². The number of benzene rings is 1. The number of carbonyl (C=O) groups excluding carboxylic acids is 1. The number of thioether (sulfide) groups is 1. The second kappa shape index (κ2) is 10.3. The lowest BCUT2D eigenvalue weighted by Crippen LogP contribution is -2.29. The molecule has 0 atom stereocenters. The Balaban J connectivity index is 1.96. The van der Waals surface area contributed by atoms with E-state index < -0.39 is 5.97 Å². The summed E-state index contributed by atoms with van der Waals surface area (Å²) in [7, 11) is 0. The maximum atomic E-state index is 11.4. The Labute approximate surface area is 122 Å². The molecule has 0 aliphatic carbocycles. The average molecular weight is 297 g/mol. The monoisotopic (exact) mass is 297 g/mol. The third kappa shape index (κ3) is 8.55. The van der Waals surface area contributed by atoms with Crippen LogP contribution in [0.4, 0.5) is 0 Å². The molecule has 0 spiro atoms. The van der Waals surface area contributed by atoms with Gasteiger partial charge < -0.3 is 15.2 Å². The van der Waals surface area contributed by atoms with E-state index in [4.69, 9.17) is 9.84 Å². The first-order valence-corrected chi connectivity index (χ1v) is 7.52. The number of aryl methyl sites for hydroxylation is 1. The first-order valence-electron chi connectivity index (χ1n) is 6.36. The van der Waals surface area contributed by atoms with Gasteiger partial charge >= 0.3 is 5.97 Å². The smallest absolute Gasteiger partial charge is 0.329 e. The summed E-state index contributed by atoms with van der Waals surface area (Å²) in [5.74, 6) is 0.244. The van der Waals surface area contributed by atoms with Crippen molar-refractivity contribution in [3.8, 4) is 0 Å². The zero-order valence-electron chi connectivity index (χ0n) is 11.2. The molecule has 0 radical (unpaired) electrons. The molecule has 0 saturated carbocycles. The van der Waals surface area contributed by atoms with Crippen LogP contribution in [0.15, 0.2) is 30.3 Å².